The molecular weight excluding hydrogens is 551 g/mol. The number of hydrogen-bond donors (Lipinski definition) is 1. The van der Waals surface area contributed by atoms with Crippen LogP contribution < -0.4 is 18.9 Å². The molecule has 5 aromatic rings. The van der Waals surface area contributed by atoms with Crippen LogP contribution in [-0.4, -0.2) is 36.4 Å². The van der Waals surface area contributed by atoms with Gasteiger partial charge in [0.15, 0.2) is 46.3 Å². The number of ether oxygens (including phenoxy) is 4. The van der Waals surface area contributed by atoms with E-state index in [0.29, 0.717) is 75.8 Å². The van der Waals surface area contributed by atoms with E-state index in [1.165, 1.54) is 22.7 Å². The van der Waals surface area contributed by atoms with E-state index in [4.69, 9.17) is 18.9 Å². The third kappa shape index (κ3) is 3.31. The molecule has 38 heavy (non-hydrogen) atoms. The van der Waals surface area contributed by atoms with Gasteiger partial charge in [0, 0.05) is 21.9 Å². The number of halogens is 5. The minimum absolute atomic E-state index is 0.235. The zero-order valence-corrected chi connectivity index (χ0v) is 20.6. The molecule has 194 valence electrons. The molecule has 0 unspecified atom stereocenters. The molecule has 0 amide bonds. The summed E-state index contributed by atoms with van der Waals surface area (Å²) in [5.74, 6) is -8.79. The van der Waals surface area contributed by atoms with E-state index in [9.17, 15) is 22.0 Å². The molecule has 3 aromatic heterocycles. The highest BCUT2D eigenvalue weighted by Crippen LogP contribution is 2.51. The Balaban J connectivity index is 1.51. The summed E-state index contributed by atoms with van der Waals surface area (Å²) in [5, 5.41) is 3.54. The van der Waals surface area contributed by atoms with Crippen LogP contribution in [0, 0.1) is 29.1 Å². The Bertz CT molecular complexity index is 1640. The second-order valence-electron chi connectivity index (χ2n) is 8.32. The number of fused-ring (bicyclic) bond motifs is 3. The van der Waals surface area contributed by atoms with E-state index in [1.807, 2.05) is 0 Å². The quantitative estimate of drug-likeness (QED) is 0.146. The molecule has 0 saturated heterocycles. The lowest BCUT2D eigenvalue weighted by molar-refractivity contribution is 0.174. The molecule has 2 aliphatic rings. The highest BCUT2D eigenvalue weighted by atomic mass is 32.1. The smallest absolute Gasteiger partial charge is 0.200 e. The van der Waals surface area contributed by atoms with Gasteiger partial charge in [-0.25, -0.2) is 26.9 Å². The van der Waals surface area contributed by atoms with Gasteiger partial charge in [0.05, 0.1) is 26.4 Å². The Morgan fingerprint density at radius 1 is 0.658 bits per heavy atom. The van der Waals surface area contributed by atoms with E-state index < -0.39 is 40.5 Å². The highest BCUT2D eigenvalue weighted by molar-refractivity contribution is 7.15. The predicted octanol–water partition coefficient (Wildman–Crippen LogP) is 6.92. The van der Waals surface area contributed by atoms with Crippen LogP contribution in [-0.2, 0) is 0 Å². The van der Waals surface area contributed by atoms with E-state index in [0.717, 1.165) is 0 Å². The van der Waals surface area contributed by atoms with Crippen molar-refractivity contribution in [3.05, 3.63) is 52.0 Å². The monoisotopic (exact) mass is 564 g/mol. The zero-order chi connectivity index (χ0) is 26.1. The molecule has 0 aliphatic carbocycles. The number of aromatic amines is 1. The third-order valence-corrected chi connectivity index (χ3v) is 8.13. The van der Waals surface area contributed by atoms with E-state index >= 15 is 0 Å². The molecule has 5 heterocycles. The van der Waals surface area contributed by atoms with Crippen molar-refractivity contribution < 1.29 is 40.9 Å². The summed E-state index contributed by atoms with van der Waals surface area (Å²) in [7, 11) is 0. The Hall–Kier alpha value is -3.84. The molecule has 2 aliphatic heterocycles. The molecule has 0 saturated carbocycles. The van der Waals surface area contributed by atoms with Gasteiger partial charge in [0.25, 0.3) is 0 Å². The van der Waals surface area contributed by atoms with Crippen molar-refractivity contribution in [2.45, 2.75) is 0 Å². The molecule has 13 heteroatoms. The van der Waals surface area contributed by atoms with Crippen molar-refractivity contribution in [2.75, 3.05) is 26.4 Å². The summed E-state index contributed by atoms with van der Waals surface area (Å²) >= 11 is 2.63. The second kappa shape index (κ2) is 8.60. The molecule has 2 aromatic carbocycles. The van der Waals surface area contributed by atoms with Gasteiger partial charge in [-0.1, -0.05) is 12.1 Å². The van der Waals surface area contributed by atoms with Crippen molar-refractivity contribution in [3.63, 3.8) is 0 Å². The standard InChI is InChI=1S/C25H13F5N2O4S2/c26-14-13(15(27)17(29)18(30)16(14)28)25-31-19-9(23-21-11(7-37-23)33-3-5-35-21)1-2-10(20(19)32-25)24-22-12(8-38-24)34-4-6-36-22/h1-2,7-8H,3-6H2,(H,31,32). The number of nitrogens with one attached hydrogen (secondary N) is 1. The van der Waals surface area contributed by atoms with E-state index in [2.05, 4.69) is 9.97 Å². The first-order valence-corrected chi connectivity index (χ1v) is 13.0. The summed E-state index contributed by atoms with van der Waals surface area (Å²) in [4.78, 5) is 8.45. The summed E-state index contributed by atoms with van der Waals surface area (Å²) in [5.41, 5.74) is 0.452. The average Bonchev–Trinajstić information content (AvgIpc) is 3.67. The fourth-order valence-electron chi connectivity index (χ4n) is 4.49. The number of imidazole rings is 1. The minimum atomic E-state index is -2.24. The van der Waals surface area contributed by atoms with Crippen LogP contribution in [0.5, 0.6) is 23.0 Å². The highest BCUT2D eigenvalue weighted by Gasteiger charge is 2.31. The number of nitrogens with zero attached hydrogens (tertiary/aromatic N) is 1. The molecule has 0 bridgehead atoms. The number of benzene rings is 2. The Morgan fingerprint density at radius 3 is 1.76 bits per heavy atom. The summed E-state index contributed by atoms with van der Waals surface area (Å²) < 4.78 is 94.3. The van der Waals surface area contributed by atoms with Crippen molar-refractivity contribution in [1.29, 1.82) is 0 Å². The lowest BCUT2D eigenvalue weighted by Crippen LogP contribution is -2.14. The van der Waals surface area contributed by atoms with Gasteiger partial charge in [-0.2, -0.15) is 0 Å². The maximum absolute atomic E-state index is 14.8. The number of rotatable bonds is 3. The van der Waals surface area contributed by atoms with Gasteiger partial charge in [-0.15, -0.1) is 22.7 Å². The molecule has 7 rings (SSSR count). The fourth-order valence-corrected chi connectivity index (χ4v) is 6.41. The molecule has 0 spiro atoms. The number of thiophene rings is 2. The van der Waals surface area contributed by atoms with Gasteiger partial charge in [0.1, 0.15) is 32.3 Å². The van der Waals surface area contributed by atoms with Crippen LogP contribution in [0.2, 0.25) is 0 Å². The first-order valence-electron chi connectivity index (χ1n) is 11.2. The fraction of sp³-hybridized carbons (Fsp3) is 0.160. The van der Waals surface area contributed by atoms with Crippen LogP contribution in [0.25, 0.3) is 43.3 Å². The molecular formula is C25H13F5N2O4S2. The minimum Gasteiger partial charge on any atom is -0.485 e. The van der Waals surface area contributed by atoms with Gasteiger partial charge < -0.3 is 23.9 Å². The number of aromatic nitrogens is 2. The molecule has 0 radical (unpaired) electrons. The van der Waals surface area contributed by atoms with Gasteiger partial charge in [-0.3, -0.25) is 0 Å². The summed E-state index contributed by atoms with van der Waals surface area (Å²) in [6.45, 7) is 1.43. The van der Waals surface area contributed by atoms with Crippen molar-refractivity contribution in [2.24, 2.45) is 0 Å². The predicted molar refractivity (Wildman–Crippen MR) is 130 cm³/mol. The Labute approximate surface area is 218 Å². The van der Waals surface area contributed by atoms with Crippen molar-refractivity contribution in [1.82, 2.24) is 9.97 Å². The normalized spacial score (nSPS) is 14.3. The van der Waals surface area contributed by atoms with E-state index in [-0.39, 0.29) is 5.52 Å². The largest absolute Gasteiger partial charge is 0.485 e. The Kier molecular flexibility index (Phi) is 5.27. The second-order valence-corrected chi connectivity index (χ2v) is 10.1. The molecule has 6 nitrogen and oxygen atoms in total. The maximum atomic E-state index is 14.8. The average molecular weight is 565 g/mol. The van der Waals surface area contributed by atoms with Crippen molar-refractivity contribution >= 4 is 33.7 Å². The van der Waals surface area contributed by atoms with Gasteiger partial charge >= 0.3 is 0 Å². The lowest BCUT2D eigenvalue weighted by atomic mass is 10.0. The SMILES string of the molecule is Fc1c(F)c(F)c(-c2nc3c(-c4scc5c4OCCO5)ccc(-c4scc5c4OCCO5)c3[nH]2)c(F)c1F. The summed E-state index contributed by atoms with van der Waals surface area (Å²) in [6, 6.07) is 3.51. The lowest BCUT2D eigenvalue weighted by Gasteiger charge is -2.17. The molecule has 0 fully saturated rings. The van der Waals surface area contributed by atoms with Crippen LogP contribution in [0.4, 0.5) is 22.0 Å². The van der Waals surface area contributed by atoms with Crippen LogP contribution in [0.15, 0.2) is 22.9 Å². The van der Waals surface area contributed by atoms with E-state index in [1.54, 1.807) is 22.9 Å². The van der Waals surface area contributed by atoms with Crippen LogP contribution in [0.3, 0.4) is 0 Å². The van der Waals surface area contributed by atoms with Crippen LogP contribution in [0.1, 0.15) is 0 Å². The maximum Gasteiger partial charge on any atom is 0.200 e. The first kappa shape index (κ1) is 23.3. The molecule has 0 atom stereocenters. The van der Waals surface area contributed by atoms with Gasteiger partial charge in [-0.05, 0) is 0 Å². The number of hydrogen-bond acceptors (Lipinski definition) is 7. The van der Waals surface area contributed by atoms with Crippen LogP contribution >= 0.6 is 22.7 Å². The van der Waals surface area contributed by atoms with Crippen molar-refractivity contribution in [3.8, 4) is 55.3 Å². The summed E-state index contributed by atoms with van der Waals surface area (Å²) in [6.07, 6.45) is 0. The topological polar surface area (TPSA) is 65.6 Å². The third-order valence-electron chi connectivity index (χ3n) is 6.18. The molecule has 1 N–H and O–H groups in total. The first-order chi connectivity index (χ1) is 18.4. The Morgan fingerprint density at radius 2 is 1.16 bits per heavy atom. The number of H-pyrrole nitrogens is 1. The van der Waals surface area contributed by atoms with Gasteiger partial charge in [0.2, 0.25) is 5.82 Å². The zero-order valence-electron chi connectivity index (χ0n) is 18.9.